The quantitative estimate of drug-likeness (QED) is 0.266. The van der Waals surface area contributed by atoms with Gasteiger partial charge in [0.1, 0.15) is 12.4 Å². The highest BCUT2D eigenvalue weighted by atomic mass is 127. The van der Waals surface area contributed by atoms with Crippen molar-refractivity contribution in [3.63, 3.8) is 0 Å². The zero-order valence-electron chi connectivity index (χ0n) is 15.8. The van der Waals surface area contributed by atoms with Crippen LogP contribution in [0.3, 0.4) is 0 Å². The molecule has 0 fully saturated rings. The van der Waals surface area contributed by atoms with Crippen LogP contribution < -0.4 is 4.74 Å². The van der Waals surface area contributed by atoms with Crippen LogP contribution in [0, 0.1) is 10.5 Å². The molecule has 0 unspecified atom stereocenters. The fraction of sp³-hybridized carbons (Fsp3) is 0.0833. The van der Waals surface area contributed by atoms with E-state index in [-0.39, 0.29) is 5.70 Å². The Kier molecular flexibility index (Phi) is 5.76. The van der Waals surface area contributed by atoms with Crippen LogP contribution in [0.5, 0.6) is 5.75 Å². The first-order valence-electron chi connectivity index (χ1n) is 9.15. The molecule has 0 saturated carbocycles. The zero-order chi connectivity index (χ0) is 20.2. The van der Waals surface area contributed by atoms with E-state index in [1.165, 1.54) is 0 Å². The van der Waals surface area contributed by atoms with E-state index in [0.29, 0.717) is 18.3 Å². The van der Waals surface area contributed by atoms with Gasteiger partial charge in [-0.25, -0.2) is 9.79 Å². The third kappa shape index (κ3) is 4.56. The van der Waals surface area contributed by atoms with Crippen molar-refractivity contribution in [2.24, 2.45) is 4.99 Å². The van der Waals surface area contributed by atoms with Gasteiger partial charge in [-0.3, -0.25) is 0 Å². The van der Waals surface area contributed by atoms with Crippen molar-refractivity contribution in [2.75, 3.05) is 0 Å². The summed E-state index contributed by atoms with van der Waals surface area (Å²) in [5.74, 6) is 0.554. The topological polar surface area (TPSA) is 47.9 Å². The van der Waals surface area contributed by atoms with Crippen molar-refractivity contribution in [3.8, 4) is 5.75 Å². The highest BCUT2D eigenvalue weighted by Gasteiger charge is 2.25. The van der Waals surface area contributed by atoms with Crippen molar-refractivity contribution >= 4 is 40.5 Å². The molecule has 0 amide bonds. The average molecular weight is 495 g/mol. The lowest BCUT2D eigenvalue weighted by molar-refractivity contribution is -0.129. The van der Waals surface area contributed by atoms with Gasteiger partial charge in [0.05, 0.1) is 0 Å². The molecule has 144 valence electrons. The van der Waals surface area contributed by atoms with E-state index in [9.17, 15) is 4.79 Å². The van der Waals surface area contributed by atoms with Gasteiger partial charge in [0.15, 0.2) is 5.70 Å². The number of esters is 1. The van der Waals surface area contributed by atoms with Gasteiger partial charge in [0.2, 0.25) is 5.90 Å². The number of para-hydroxylation sites is 1. The van der Waals surface area contributed by atoms with Crippen LogP contribution in [0.15, 0.2) is 83.5 Å². The van der Waals surface area contributed by atoms with Gasteiger partial charge in [0, 0.05) is 14.7 Å². The van der Waals surface area contributed by atoms with Crippen LogP contribution in [0.25, 0.3) is 6.08 Å². The Bertz CT molecular complexity index is 1130. The van der Waals surface area contributed by atoms with E-state index in [0.717, 1.165) is 25.8 Å². The lowest BCUT2D eigenvalue weighted by atomic mass is 10.1. The number of carbonyl (C=O) groups is 1. The molecule has 0 radical (unpaired) electrons. The minimum atomic E-state index is -0.462. The summed E-state index contributed by atoms with van der Waals surface area (Å²) >= 11 is 2.28. The molecular formula is C24H18INO3. The highest BCUT2D eigenvalue weighted by molar-refractivity contribution is 14.1. The Morgan fingerprint density at radius 3 is 2.66 bits per heavy atom. The fourth-order valence-corrected chi connectivity index (χ4v) is 3.61. The SMILES string of the molecule is Cc1ccccc1C1=N/C(=C\c2ccccc2OCc2cccc(I)c2)C(=O)O1. The first-order chi connectivity index (χ1) is 14.1. The van der Waals surface area contributed by atoms with Crippen LogP contribution in [0.1, 0.15) is 22.3 Å². The van der Waals surface area contributed by atoms with Gasteiger partial charge in [-0.2, -0.15) is 0 Å². The number of hydrogen-bond acceptors (Lipinski definition) is 4. The molecule has 0 saturated heterocycles. The summed E-state index contributed by atoms with van der Waals surface area (Å²) in [5, 5.41) is 0. The number of hydrogen-bond donors (Lipinski definition) is 0. The normalized spacial score (nSPS) is 14.6. The predicted octanol–water partition coefficient (Wildman–Crippen LogP) is 5.52. The molecule has 4 nitrogen and oxygen atoms in total. The molecule has 29 heavy (non-hydrogen) atoms. The van der Waals surface area contributed by atoms with Crippen LogP contribution >= 0.6 is 22.6 Å². The van der Waals surface area contributed by atoms with Gasteiger partial charge in [-0.05, 0) is 71.0 Å². The number of aryl methyl sites for hydroxylation is 1. The molecule has 1 aliphatic heterocycles. The molecule has 0 aromatic heterocycles. The van der Waals surface area contributed by atoms with Crippen molar-refractivity contribution < 1.29 is 14.3 Å². The summed E-state index contributed by atoms with van der Waals surface area (Å²) in [6.07, 6.45) is 1.71. The molecule has 1 aliphatic rings. The van der Waals surface area contributed by atoms with Crippen LogP contribution in [-0.4, -0.2) is 11.9 Å². The summed E-state index contributed by atoms with van der Waals surface area (Å²) in [6.45, 7) is 2.40. The standard InChI is InChI=1S/C24H18INO3/c1-16-7-2-4-11-20(16)23-26-21(24(27)29-23)14-18-9-3-5-12-22(18)28-15-17-8-6-10-19(25)13-17/h2-14H,15H2,1H3/b21-14-. The monoisotopic (exact) mass is 495 g/mol. The van der Waals surface area contributed by atoms with Crippen molar-refractivity contribution in [1.82, 2.24) is 0 Å². The number of aliphatic imine (C=N–C) groups is 1. The Morgan fingerprint density at radius 1 is 1.03 bits per heavy atom. The summed E-state index contributed by atoms with van der Waals surface area (Å²) < 4.78 is 12.6. The molecule has 1 heterocycles. The number of ether oxygens (including phenoxy) is 2. The van der Waals surface area contributed by atoms with Crippen molar-refractivity contribution in [1.29, 1.82) is 0 Å². The minimum Gasteiger partial charge on any atom is -0.488 e. The van der Waals surface area contributed by atoms with E-state index in [1.807, 2.05) is 73.7 Å². The van der Waals surface area contributed by atoms with E-state index in [2.05, 4.69) is 33.6 Å². The third-order valence-corrected chi connectivity index (χ3v) is 5.16. The highest BCUT2D eigenvalue weighted by Crippen LogP contribution is 2.26. The lowest BCUT2D eigenvalue weighted by Gasteiger charge is -2.09. The average Bonchev–Trinajstić information content (AvgIpc) is 3.08. The second-order valence-electron chi connectivity index (χ2n) is 6.61. The van der Waals surface area contributed by atoms with Crippen LogP contribution in [-0.2, 0) is 16.1 Å². The number of cyclic esters (lactones) is 1. The molecule has 0 bridgehead atoms. The summed E-state index contributed by atoms with van der Waals surface area (Å²) in [6, 6.07) is 23.4. The Hall–Kier alpha value is -2.93. The van der Waals surface area contributed by atoms with E-state index >= 15 is 0 Å². The fourth-order valence-electron chi connectivity index (χ4n) is 3.00. The van der Waals surface area contributed by atoms with Gasteiger partial charge >= 0.3 is 5.97 Å². The van der Waals surface area contributed by atoms with Gasteiger partial charge in [-0.15, -0.1) is 0 Å². The second kappa shape index (κ2) is 8.61. The molecule has 3 aromatic rings. The van der Waals surface area contributed by atoms with Crippen molar-refractivity contribution in [2.45, 2.75) is 13.5 Å². The van der Waals surface area contributed by atoms with E-state index in [4.69, 9.17) is 9.47 Å². The molecule has 0 aliphatic carbocycles. The largest absolute Gasteiger partial charge is 0.488 e. The first-order valence-corrected chi connectivity index (χ1v) is 10.2. The molecule has 0 atom stereocenters. The third-order valence-electron chi connectivity index (χ3n) is 4.49. The van der Waals surface area contributed by atoms with Crippen molar-refractivity contribution in [3.05, 3.63) is 104 Å². The molecule has 4 rings (SSSR count). The van der Waals surface area contributed by atoms with Gasteiger partial charge in [-0.1, -0.05) is 48.5 Å². The molecule has 0 spiro atoms. The van der Waals surface area contributed by atoms with E-state index in [1.54, 1.807) is 6.08 Å². The number of halogens is 1. The van der Waals surface area contributed by atoms with Crippen LogP contribution in [0.4, 0.5) is 0 Å². The Balaban J connectivity index is 1.60. The molecular weight excluding hydrogens is 477 g/mol. The maximum absolute atomic E-state index is 12.4. The Morgan fingerprint density at radius 2 is 1.83 bits per heavy atom. The maximum atomic E-state index is 12.4. The zero-order valence-corrected chi connectivity index (χ0v) is 17.9. The maximum Gasteiger partial charge on any atom is 0.363 e. The summed E-state index contributed by atoms with van der Waals surface area (Å²) in [5.41, 5.74) is 3.93. The minimum absolute atomic E-state index is 0.258. The van der Waals surface area contributed by atoms with Crippen LogP contribution in [0.2, 0.25) is 0 Å². The number of rotatable bonds is 5. The predicted molar refractivity (Wildman–Crippen MR) is 122 cm³/mol. The number of nitrogens with zero attached hydrogens (tertiary/aromatic N) is 1. The second-order valence-corrected chi connectivity index (χ2v) is 7.85. The molecule has 3 aromatic carbocycles. The molecule has 0 N–H and O–H groups in total. The summed E-state index contributed by atoms with van der Waals surface area (Å²) in [4.78, 5) is 16.8. The van der Waals surface area contributed by atoms with Gasteiger partial charge in [0.25, 0.3) is 0 Å². The molecule has 5 heteroatoms. The summed E-state index contributed by atoms with van der Waals surface area (Å²) in [7, 11) is 0. The Labute approximate surface area is 183 Å². The number of benzene rings is 3. The van der Waals surface area contributed by atoms with Gasteiger partial charge < -0.3 is 9.47 Å². The first kappa shape index (κ1) is 19.4. The van der Waals surface area contributed by atoms with E-state index < -0.39 is 5.97 Å². The number of carbonyl (C=O) groups excluding carboxylic acids is 1. The lowest BCUT2D eigenvalue weighted by Crippen LogP contribution is -2.06. The smallest absolute Gasteiger partial charge is 0.363 e.